The number of likely N-dealkylation sites (N-methyl/N-ethyl adjacent to an activating group) is 1. The summed E-state index contributed by atoms with van der Waals surface area (Å²) in [6.45, 7) is 6.33. The lowest BCUT2D eigenvalue weighted by molar-refractivity contribution is 0.273. The van der Waals surface area contributed by atoms with E-state index in [1.165, 1.54) is 25.1 Å². The van der Waals surface area contributed by atoms with Gasteiger partial charge in [-0.2, -0.15) is 11.8 Å². The lowest BCUT2D eigenvalue weighted by atomic mass is 10.2. The van der Waals surface area contributed by atoms with Crippen LogP contribution in [0.4, 0.5) is 0 Å². The van der Waals surface area contributed by atoms with Gasteiger partial charge in [-0.3, -0.25) is 9.89 Å². The van der Waals surface area contributed by atoms with Crippen molar-refractivity contribution in [3.05, 3.63) is 0 Å². The van der Waals surface area contributed by atoms with Gasteiger partial charge in [0.15, 0.2) is 5.96 Å². The largest absolute Gasteiger partial charge is 0.370 e. The van der Waals surface area contributed by atoms with Gasteiger partial charge < -0.3 is 11.1 Å². The molecule has 1 rings (SSSR count). The Morgan fingerprint density at radius 2 is 2.41 bits per heavy atom. The molecule has 1 heterocycles. The van der Waals surface area contributed by atoms with Gasteiger partial charge in [-0.05, 0) is 44.4 Å². The van der Waals surface area contributed by atoms with Crippen molar-refractivity contribution in [2.24, 2.45) is 10.7 Å². The van der Waals surface area contributed by atoms with E-state index in [4.69, 9.17) is 5.73 Å². The Kier molecular flexibility index (Phi) is 7.44. The number of nitrogens with zero attached hydrogens (tertiary/aromatic N) is 2. The third kappa shape index (κ3) is 5.64. The van der Waals surface area contributed by atoms with Crippen LogP contribution in [0.15, 0.2) is 4.99 Å². The van der Waals surface area contributed by atoms with Crippen LogP contribution < -0.4 is 11.1 Å². The van der Waals surface area contributed by atoms with E-state index in [1.54, 1.807) is 0 Å². The highest BCUT2D eigenvalue weighted by Gasteiger charge is 2.22. The lowest BCUT2D eigenvalue weighted by Crippen LogP contribution is -2.36. The van der Waals surface area contributed by atoms with E-state index in [0.29, 0.717) is 12.0 Å². The molecule has 0 aliphatic carbocycles. The van der Waals surface area contributed by atoms with Gasteiger partial charge >= 0.3 is 0 Å². The van der Waals surface area contributed by atoms with Crippen molar-refractivity contribution in [3.8, 4) is 0 Å². The second kappa shape index (κ2) is 8.64. The number of nitrogens with one attached hydrogen (secondary N) is 1. The molecule has 17 heavy (non-hydrogen) atoms. The molecular formula is C12H26N4S. The highest BCUT2D eigenvalue weighted by atomic mass is 32.2. The number of hydrogen-bond donors (Lipinski definition) is 2. The summed E-state index contributed by atoms with van der Waals surface area (Å²) in [6.07, 6.45) is 5.82. The number of hydrogen-bond acceptors (Lipinski definition) is 3. The maximum Gasteiger partial charge on any atom is 0.188 e. The molecule has 1 atom stereocenters. The van der Waals surface area contributed by atoms with Gasteiger partial charge in [0.1, 0.15) is 0 Å². The van der Waals surface area contributed by atoms with Gasteiger partial charge in [-0.25, -0.2) is 0 Å². The summed E-state index contributed by atoms with van der Waals surface area (Å²) in [7, 11) is 0. The third-order valence-corrected chi connectivity index (χ3v) is 3.91. The molecule has 0 amide bonds. The summed E-state index contributed by atoms with van der Waals surface area (Å²) >= 11 is 1.86. The van der Waals surface area contributed by atoms with Crippen LogP contribution in [0.25, 0.3) is 0 Å². The van der Waals surface area contributed by atoms with E-state index in [1.807, 2.05) is 11.8 Å². The van der Waals surface area contributed by atoms with Crippen LogP contribution in [0.3, 0.4) is 0 Å². The van der Waals surface area contributed by atoms with E-state index in [2.05, 4.69) is 28.4 Å². The molecule has 1 aliphatic rings. The second-order valence-corrected chi connectivity index (χ2v) is 5.41. The minimum absolute atomic E-state index is 0.603. The summed E-state index contributed by atoms with van der Waals surface area (Å²) in [6, 6.07) is 0.603. The van der Waals surface area contributed by atoms with Gasteiger partial charge in [-0.15, -0.1) is 0 Å². The fourth-order valence-corrected chi connectivity index (χ4v) is 2.64. The Labute approximate surface area is 109 Å². The predicted molar refractivity (Wildman–Crippen MR) is 77.8 cm³/mol. The molecule has 0 bridgehead atoms. The zero-order valence-electron chi connectivity index (χ0n) is 11.1. The first-order valence-electron chi connectivity index (χ1n) is 6.54. The molecule has 0 aromatic carbocycles. The molecule has 1 aliphatic heterocycles. The molecule has 4 nitrogen and oxygen atoms in total. The average molecular weight is 258 g/mol. The summed E-state index contributed by atoms with van der Waals surface area (Å²) in [5.41, 5.74) is 5.83. The van der Waals surface area contributed by atoms with Crippen molar-refractivity contribution in [3.63, 3.8) is 0 Å². The Hall–Kier alpha value is -0.420. The van der Waals surface area contributed by atoms with Crippen molar-refractivity contribution >= 4 is 17.7 Å². The van der Waals surface area contributed by atoms with E-state index in [-0.39, 0.29) is 0 Å². The first kappa shape index (κ1) is 14.6. The van der Waals surface area contributed by atoms with Crippen LogP contribution in [-0.4, -0.2) is 55.1 Å². The SMILES string of the molecule is CCN1CCCC1CN=C(N)NCCCSC. The zero-order chi connectivity index (χ0) is 12.5. The quantitative estimate of drug-likeness (QED) is 0.408. The zero-order valence-corrected chi connectivity index (χ0v) is 11.9. The van der Waals surface area contributed by atoms with Crippen LogP contribution in [-0.2, 0) is 0 Å². The first-order chi connectivity index (χ1) is 8.27. The first-order valence-corrected chi connectivity index (χ1v) is 7.94. The summed E-state index contributed by atoms with van der Waals surface area (Å²) in [5, 5.41) is 3.17. The van der Waals surface area contributed by atoms with Crippen LogP contribution in [0, 0.1) is 0 Å². The molecule has 1 fully saturated rings. The maximum absolute atomic E-state index is 5.83. The molecule has 0 radical (unpaired) electrons. The Morgan fingerprint density at radius 3 is 3.12 bits per heavy atom. The van der Waals surface area contributed by atoms with Crippen LogP contribution in [0.1, 0.15) is 26.2 Å². The lowest BCUT2D eigenvalue weighted by Gasteiger charge is -2.20. The monoisotopic (exact) mass is 258 g/mol. The number of nitrogens with two attached hydrogens (primary N) is 1. The molecule has 0 saturated carbocycles. The minimum atomic E-state index is 0.603. The number of rotatable bonds is 7. The van der Waals surface area contributed by atoms with Crippen molar-refractivity contribution in [2.45, 2.75) is 32.2 Å². The minimum Gasteiger partial charge on any atom is -0.370 e. The van der Waals surface area contributed by atoms with Crippen LogP contribution in [0.5, 0.6) is 0 Å². The molecule has 0 aromatic rings. The molecule has 1 unspecified atom stereocenters. The topological polar surface area (TPSA) is 53.6 Å². The highest BCUT2D eigenvalue weighted by molar-refractivity contribution is 7.98. The van der Waals surface area contributed by atoms with Crippen molar-refractivity contribution in [1.29, 1.82) is 0 Å². The van der Waals surface area contributed by atoms with Crippen molar-refractivity contribution in [2.75, 3.05) is 38.2 Å². The Balaban J connectivity index is 2.17. The van der Waals surface area contributed by atoms with Crippen molar-refractivity contribution < 1.29 is 0 Å². The maximum atomic E-state index is 5.83. The normalized spacial score (nSPS) is 22.0. The van der Waals surface area contributed by atoms with E-state index in [9.17, 15) is 0 Å². The van der Waals surface area contributed by atoms with Gasteiger partial charge in [0.25, 0.3) is 0 Å². The number of guanidine groups is 1. The Morgan fingerprint density at radius 1 is 1.59 bits per heavy atom. The molecule has 5 heteroatoms. The second-order valence-electron chi connectivity index (χ2n) is 4.42. The van der Waals surface area contributed by atoms with Crippen LogP contribution >= 0.6 is 11.8 Å². The molecule has 0 aromatic heterocycles. The summed E-state index contributed by atoms with van der Waals surface area (Å²) in [5.74, 6) is 1.78. The predicted octanol–water partition coefficient (Wildman–Crippen LogP) is 1.13. The fraction of sp³-hybridized carbons (Fsp3) is 0.917. The van der Waals surface area contributed by atoms with E-state index >= 15 is 0 Å². The summed E-state index contributed by atoms with van der Waals surface area (Å²) < 4.78 is 0. The van der Waals surface area contributed by atoms with Gasteiger partial charge in [0.2, 0.25) is 0 Å². The van der Waals surface area contributed by atoms with E-state index in [0.717, 1.165) is 26.1 Å². The van der Waals surface area contributed by atoms with Gasteiger partial charge in [-0.1, -0.05) is 6.92 Å². The third-order valence-electron chi connectivity index (χ3n) is 3.21. The average Bonchev–Trinajstić information content (AvgIpc) is 2.79. The van der Waals surface area contributed by atoms with Crippen molar-refractivity contribution in [1.82, 2.24) is 10.2 Å². The standard InChI is InChI=1S/C12H26N4S/c1-3-16-8-4-6-11(16)10-15-12(13)14-7-5-9-17-2/h11H,3-10H2,1-2H3,(H3,13,14,15). The summed E-state index contributed by atoms with van der Waals surface area (Å²) in [4.78, 5) is 6.93. The molecule has 3 N–H and O–H groups in total. The smallest absolute Gasteiger partial charge is 0.188 e. The highest BCUT2D eigenvalue weighted by Crippen LogP contribution is 2.16. The van der Waals surface area contributed by atoms with Crippen LogP contribution in [0.2, 0.25) is 0 Å². The molecule has 0 spiro atoms. The number of thioether (sulfide) groups is 1. The van der Waals surface area contributed by atoms with Gasteiger partial charge in [0, 0.05) is 12.6 Å². The molecule has 1 saturated heterocycles. The molecule has 100 valence electrons. The number of likely N-dealkylation sites (tertiary alicyclic amines) is 1. The fourth-order valence-electron chi connectivity index (χ4n) is 2.21. The Bertz CT molecular complexity index is 233. The van der Waals surface area contributed by atoms with E-state index < -0.39 is 0 Å². The molecular weight excluding hydrogens is 232 g/mol. The van der Waals surface area contributed by atoms with Gasteiger partial charge in [0.05, 0.1) is 6.54 Å². The number of aliphatic imine (C=N–C) groups is 1.